The minimum Gasteiger partial charge on any atom is -0.412 e. The highest BCUT2D eigenvalue weighted by Crippen LogP contribution is 2.42. The summed E-state index contributed by atoms with van der Waals surface area (Å²) in [6.45, 7) is 19.6. The molecule has 0 amide bonds. The summed E-state index contributed by atoms with van der Waals surface area (Å²) in [6, 6.07) is 0. The van der Waals surface area contributed by atoms with Gasteiger partial charge >= 0.3 is 5.69 Å². The predicted molar refractivity (Wildman–Crippen MR) is 117 cm³/mol. The normalized spacial score (nSPS) is 14.1. The molecule has 0 aliphatic heterocycles. The quantitative estimate of drug-likeness (QED) is 0.769. The fourth-order valence-electron chi connectivity index (χ4n) is 3.67. The lowest BCUT2D eigenvalue weighted by atomic mass is 9.81. The van der Waals surface area contributed by atoms with Crippen molar-refractivity contribution in [2.24, 2.45) is 14.1 Å². The van der Waals surface area contributed by atoms with Gasteiger partial charge in [0.15, 0.2) is 14.0 Å². The molecule has 0 aliphatic carbocycles. The van der Waals surface area contributed by atoms with E-state index in [4.69, 9.17) is 4.43 Å². The highest BCUT2D eigenvalue weighted by molar-refractivity contribution is 6.74. The first-order valence-corrected chi connectivity index (χ1v) is 12.7. The number of H-pyrrole nitrogens is 1. The van der Waals surface area contributed by atoms with Crippen molar-refractivity contribution >= 4 is 19.5 Å². The third kappa shape index (κ3) is 4.03. The predicted octanol–water partition coefficient (Wildman–Crippen LogP) is 3.43. The summed E-state index contributed by atoms with van der Waals surface area (Å²) in [7, 11) is 1.17. The summed E-state index contributed by atoms with van der Waals surface area (Å²) in [5.41, 5.74) is -0.719. The van der Waals surface area contributed by atoms with Gasteiger partial charge in [-0.05, 0) is 38.4 Å². The highest BCUT2D eigenvalue weighted by Gasteiger charge is 2.43. The summed E-state index contributed by atoms with van der Waals surface area (Å²) in [6.07, 6.45) is 0.723. The molecule has 2 heterocycles. The summed E-state index contributed by atoms with van der Waals surface area (Å²) < 4.78 is 9.19. The number of imidazole rings is 1. The van der Waals surface area contributed by atoms with Crippen LogP contribution in [0.25, 0.3) is 11.2 Å². The number of aromatic nitrogens is 4. The molecule has 0 aromatic carbocycles. The molecule has 0 saturated carbocycles. The molecule has 0 saturated heterocycles. The summed E-state index contributed by atoms with van der Waals surface area (Å²) in [5.74, 6) is 0.688. The molecule has 0 radical (unpaired) electrons. The zero-order chi connectivity index (χ0) is 21.9. The van der Waals surface area contributed by atoms with Gasteiger partial charge in [0.2, 0.25) is 0 Å². The summed E-state index contributed by atoms with van der Waals surface area (Å²) in [4.78, 5) is 32.5. The fourth-order valence-corrected chi connectivity index (χ4v) is 5.43. The first kappa shape index (κ1) is 22.6. The molecule has 7 nitrogen and oxygen atoms in total. The van der Waals surface area contributed by atoms with Gasteiger partial charge in [-0.25, -0.2) is 9.78 Å². The Bertz CT molecular complexity index is 1000. The van der Waals surface area contributed by atoms with Gasteiger partial charge in [0.05, 0.1) is 5.60 Å². The fraction of sp³-hybridized carbons (Fsp3) is 0.750. The van der Waals surface area contributed by atoms with E-state index in [1.165, 1.54) is 11.6 Å². The first-order valence-electron chi connectivity index (χ1n) is 9.76. The van der Waals surface area contributed by atoms with E-state index in [-0.39, 0.29) is 27.3 Å². The van der Waals surface area contributed by atoms with E-state index in [9.17, 15) is 9.59 Å². The molecule has 2 rings (SSSR count). The van der Waals surface area contributed by atoms with Gasteiger partial charge in [-0.3, -0.25) is 13.9 Å². The maximum Gasteiger partial charge on any atom is 0.332 e. The lowest BCUT2D eigenvalue weighted by Crippen LogP contribution is -2.49. The largest absolute Gasteiger partial charge is 0.412 e. The van der Waals surface area contributed by atoms with Crippen molar-refractivity contribution in [3.8, 4) is 0 Å². The van der Waals surface area contributed by atoms with E-state index in [0.29, 0.717) is 17.0 Å². The number of fused-ring (bicyclic) bond motifs is 1. The molecular formula is C20H36N4O3Si. The number of aromatic amines is 1. The number of hydrogen-bond donors (Lipinski definition) is 1. The second-order valence-corrected chi connectivity index (χ2v) is 15.4. The Morgan fingerprint density at radius 3 is 2.04 bits per heavy atom. The zero-order valence-corrected chi connectivity index (χ0v) is 20.3. The Balaban J connectivity index is 2.45. The van der Waals surface area contributed by atoms with Gasteiger partial charge in [0, 0.05) is 19.5 Å². The van der Waals surface area contributed by atoms with Crippen molar-refractivity contribution in [3.63, 3.8) is 0 Å². The maximum absolute atomic E-state index is 12.5. The van der Waals surface area contributed by atoms with Crippen molar-refractivity contribution in [3.05, 3.63) is 26.7 Å². The van der Waals surface area contributed by atoms with Gasteiger partial charge in [0.1, 0.15) is 11.3 Å². The lowest BCUT2D eigenvalue weighted by Gasteiger charge is -2.45. The van der Waals surface area contributed by atoms with Gasteiger partial charge in [-0.1, -0.05) is 34.6 Å². The molecule has 0 fully saturated rings. The van der Waals surface area contributed by atoms with Crippen LogP contribution in [0.3, 0.4) is 0 Å². The summed E-state index contributed by atoms with van der Waals surface area (Å²) in [5, 5.41) is 0.123. The summed E-state index contributed by atoms with van der Waals surface area (Å²) >= 11 is 0. The van der Waals surface area contributed by atoms with E-state index in [0.717, 1.165) is 11.0 Å². The molecule has 0 bridgehead atoms. The molecule has 0 atom stereocenters. The van der Waals surface area contributed by atoms with Crippen molar-refractivity contribution in [1.82, 2.24) is 19.1 Å². The van der Waals surface area contributed by atoms with Crippen LogP contribution < -0.4 is 11.2 Å². The Hall–Kier alpha value is -1.67. The number of nitrogens with one attached hydrogen (secondary N) is 1. The lowest BCUT2D eigenvalue weighted by molar-refractivity contribution is 0.0600. The molecule has 1 N–H and O–H groups in total. The molecule has 0 spiro atoms. The molecule has 2 aromatic rings. The van der Waals surface area contributed by atoms with Crippen molar-refractivity contribution in [2.45, 2.75) is 84.0 Å². The molecule has 0 aliphatic rings. The van der Waals surface area contributed by atoms with E-state index >= 15 is 0 Å². The third-order valence-corrected chi connectivity index (χ3v) is 10.6. The maximum atomic E-state index is 12.5. The average Bonchev–Trinajstić information content (AvgIpc) is 2.93. The molecular weight excluding hydrogens is 372 g/mol. The third-order valence-electron chi connectivity index (χ3n) is 5.94. The Labute approximate surface area is 168 Å². The number of rotatable bonds is 5. The number of aryl methyl sites for hydroxylation is 1. The van der Waals surface area contributed by atoms with Crippen LogP contribution in [0.2, 0.25) is 18.1 Å². The molecule has 158 valence electrons. The Morgan fingerprint density at radius 1 is 1.00 bits per heavy atom. The molecule has 8 heteroatoms. The van der Waals surface area contributed by atoms with Crippen molar-refractivity contribution in [2.75, 3.05) is 0 Å². The van der Waals surface area contributed by atoms with E-state index < -0.39 is 8.32 Å². The highest BCUT2D eigenvalue weighted by atomic mass is 28.4. The molecule has 28 heavy (non-hydrogen) atoms. The second-order valence-electron chi connectivity index (χ2n) is 10.7. The molecule has 0 unspecified atom stereocenters. The molecule has 2 aromatic heterocycles. The standard InChI is InChI=1S/C20H36N4O3Si/c1-18(2,3)28(10,11)27-20(6,7)12-19(4,5)16-21-13-14(22-16)23(8)17(26)24(9)15(13)25/h12H2,1-11H3,(H,21,22). The van der Waals surface area contributed by atoms with Gasteiger partial charge in [-0.15, -0.1) is 0 Å². The first-order chi connectivity index (χ1) is 12.4. The van der Waals surface area contributed by atoms with E-state index in [2.05, 4.69) is 71.5 Å². The van der Waals surface area contributed by atoms with Crippen molar-refractivity contribution in [1.29, 1.82) is 0 Å². The van der Waals surface area contributed by atoms with E-state index in [1.54, 1.807) is 7.05 Å². The minimum atomic E-state index is -1.94. The van der Waals surface area contributed by atoms with Crippen LogP contribution >= 0.6 is 0 Å². The van der Waals surface area contributed by atoms with Crippen LogP contribution in [0.15, 0.2) is 9.59 Å². The van der Waals surface area contributed by atoms with Crippen LogP contribution in [0.5, 0.6) is 0 Å². The van der Waals surface area contributed by atoms with Crippen LogP contribution in [0.1, 0.15) is 60.7 Å². The van der Waals surface area contributed by atoms with Crippen LogP contribution in [-0.2, 0) is 23.9 Å². The zero-order valence-electron chi connectivity index (χ0n) is 19.3. The van der Waals surface area contributed by atoms with Crippen LogP contribution in [-0.4, -0.2) is 33.0 Å². The van der Waals surface area contributed by atoms with Crippen LogP contribution in [0, 0.1) is 0 Å². The average molecular weight is 409 g/mol. The number of hydrogen-bond acceptors (Lipinski definition) is 4. The Kier molecular flexibility index (Phi) is 5.40. The Morgan fingerprint density at radius 2 is 1.54 bits per heavy atom. The van der Waals surface area contributed by atoms with E-state index in [1.807, 2.05) is 0 Å². The van der Waals surface area contributed by atoms with Crippen LogP contribution in [0.4, 0.5) is 0 Å². The van der Waals surface area contributed by atoms with Crippen molar-refractivity contribution < 1.29 is 4.43 Å². The smallest absolute Gasteiger partial charge is 0.332 e. The second kappa shape index (κ2) is 6.69. The van der Waals surface area contributed by atoms with Gasteiger partial charge < -0.3 is 9.41 Å². The topological polar surface area (TPSA) is 81.9 Å². The number of nitrogens with zero attached hydrogens (tertiary/aromatic N) is 3. The van der Waals surface area contributed by atoms with Gasteiger partial charge in [0.25, 0.3) is 5.56 Å². The SMILES string of the molecule is Cn1c(=O)c2[nH]c(C(C)(C)CC(C)(C)O[Si](C)(C)C(C)(C)C)nc2n(C)c1=O. The monoisotopic (exact) mass is 408 g/mol. The minimum absolute atomic E-state index is 0.123. The van der Waals surface area contributed by atoms with Gasteiger partial charge in [-0.2, -0.15) is 0 Å².